The Bertz CT molecular complexity index is 940. The van der Waals surface area contributed by atoms with E-state index in [-0.39, 0.29) is 11.7 Å². The third kappa shape index (κ3) is 2.68. The Morgan fingerprint density at radius 1 is 1.08 bits per heavy atom. The molecule has 0 saturated heterocycles. The molecule has 0 N–H and O–H groups in total. The summed E-state index contributed by atoms with van der Waals surface area (Å²) >= 11 is 0. The molecule has 1 heterocycles. The fourth-order valence-electron chi connectivity index (χ4n) is 3.18. The molecule has 3 aromatic rings. The summed E-state index contributed by atoms with van der Waals surface area (Å²) in [6.07, 6.45) is 0. The van der Waals surface area contributed by atoms with Crippen LogP contribution in [0.2, 0.25) is 0 Å². The van der Waals surface area contributed by atoms with E-state index in [4.69, 9.17) is 0 Å². The van der Waals surface area contributed by atoms with Crippen LogP contribution in [0.3, 0.4) is 0 Å². The van der Waals surface area contributed by atoms with Crippen LogP contribution in [-0.4, -0.2) is 23.6 Å². The van der Waals surface area contributed by atoms with Crippen LogP contribution in [-0.2, 0) is 0 Å². The summed E-state index contributed by atoms with van der Waals surface area (Å²) in [6.45, 7) is 6.10. The van der Waals surface area contributed by atoms with Gasteiger partial charge in [-0.25, -0.2) is 4.79 Å². The van der Waals surface area contributed by atoms with Gasteiger partial charge in [0.15, 0.2) is 0 Å². The van der Waals surface area contributed by atoms with Gasteiger partial charge < -0.3 is 4.90 Å². The Hall–Kier alpha value is -2.62. The lowest BCUT2D eigenvalue weighted by atomic mass is 10.0. The summed E-state index contributed by atoms with van der Waals surface area (Å²) in [5.74, 6) is 0. The lowest BCUT2D eigenvalue weighted by Gasteiger charge is -2.21. The van der Waals surface area contributed by atoms with Crippen LogP contribution in [0.1, 0.15) is 25.5 Å². The third-order valence-electron chi connectivity index (χ3n) is 4.29. The van der Waals surface area contributed by atoms with Gasteiger partial charge in [0.25, 0.3) is 0 Å². The number of hydrogen-bond donors (Lipinski definition) is 0. The van der Waals surface area contributed by atoms with Crippen molar-refractivity contribution in [1.82, 2.24) is 9.55 Å². The molecule has 0 bridgehead atoms. The zero-order valence-electron chi connectivity index (χ0n) is 14.9. The molecule has 0 radical (unpaired) electrons. The molecular weight excluding hydrogens is 298 g/mol. The lowest BCUT2D eigenvalue weighted by Crippen LogP contribution is -2.26. The number of aryl methyl sites for hydroxylation is 1. The summed E-state index contributed by atoms with van der Waals surface area (Å²) in [5.41, 5.74) is 4.72. The molecule has 0 unspecified atom stereocenters. The summed E-state index contributed by atoms with van der Waals surface area (Å²) in [4.78, 5) is 19.1. The quantitative estimate of drug-likeness (QED) is 0.731. The van der Waals surface area contributed by atoms with Crippen molar-refractivity contribution in [1.29, 1.82) is 0 Å². The van der Waals surface area contributed by atoms with Gasteiger partial charge in [-0.15, -0.1) is 0 Å². The molecular formula is C20H23N3O. The second-order valence-corrected chi connectivity index (χ2v) is 6.62. The number of fused-ring (bicyclic) bond motifs is 1. The zero-order chi connectivity index (χ0) is 17.4. The molecule has 0 aliphatic carbocycles. The standard InChI is InChI=1S/C20H23N3O/c1-13(2)23-18-11-14(3)17(22(4)5)12-16(18)19(21-20(23)24)15-9-7-6-8-10-15/h6-13H,1-5H3. The smallest absolute Gasteiger partial charge is 0.348 e. The second-order valence-electron chi connectivity index (χ2n) is 6.62. The molecule has 0 saturated carbocycles. The van der Waals surface area contributed by atoms with Gasteiger partial charge in [-0.2, -0.15) is 4.98 Å². The maximum atomic E-state index is 12.6. The first-order valence-electron chi connectivity index (χ1n) is 8.19. The number of benzene rings is 2. The van der Waals surface area contributed by atoms with E-state index >= 15 is 0 Å². The van der Waals surface area contributed by atoms with E-state index in [9.17, 15) is 4.79 Å². The van der Waals surface area contributed by atoms with Crippen LogP contribution in [0.15, 0.2) is 47.3 Å². The normalized spacial score (nSPS) is 11.2. The van der Waals surface area contributed by atoms with Crippen LogP contribution in [0.5, 0.6) is 0 Å². The van der Waals surface area contributed by atoms with Gasteiger partial charge in [0.05, 0.1) is 11.2 Å². The average Bonchev–Trinajstić information content (AvgIpc) is 2.53. The average molecular weight is 321 g/mol. The van der Waals surface area contributed by atoms with Gasteiger partial charge in [-0.1, -0.05) is 30.3 Å². The molecule has 0 aliphatic rings. The molecule has 3 rings (SSSR count). The topological polar surface area (TPSA) is 38.1 Å². The predicted octanol–water partition coefficient (Wildman–Crippen LogP) is 4.02. The number of aromatic nitrogens is 2. The molecule has 124 valence electrons. The molecule has 4 heteroatoms. The van der Waals surface area contributed by atoms with E-state index in [2.05, 4.69) is 28.9 Å². The molecule has 0 aliphatic heterocycles. The minimum atomic E-state index is -0.201. The fourth-order valence-corrected chi connectivity index (χ4v) is 3.18. The minimum Gasteiger partial charge on any atom is -0.377 e. The Morgan fingerprint density at radius 2 is 1.75 bits per heavy atom. The summed E-state index contributed by atoms with van der Waals surface area (Å²) < 4.78 is 1.77. The Balaban J connectivity index is 2.47. The van der Waals surface area contributed by atoms with Crippen molar-refractivity contribution in [2.45, 2.75) is 26.8 Å². The van der Waals surface area contributed by atoms with E-state index < -0.39 is 0 Å². The zero-order valence-corrected chi connectivity index (χ0v) is 14.9. The van der Waals surface area contributed by atoms with E-state index in [1.165, 1.54) is 0 Å². The highest BCUT2D eigenvalue weighted by Crippen LogP contribution is 2.31. The van der Waals surface area contributed by atoms with Crippen molar-refractivity contribution < 1.29 is 0 Å². The molecule has 1 aromatic heterocycles. The highest BCUT2D eigenvalue weighted by Gasteiger charge is 2.16. The van der Waals surface area contributed by atoms with Crippen LogP contribution >= 0.6 is 0 Å². The molecule has 2 aromatic carbocycles. The molecule has 24 heavy (non-hydrogen) atoms. The highest BCUT2D eigenvalue weighted by molar-refractivity contribution is 5.95. The van der Waals surface area contributed by atoms with Crippen molar-refractivity contribution in [2.24, 2.45) is 0 Å². The molecule has 0 spiro atoms. The Kier molecular flexibility index (Phi) is 4.14. The Morgan fingerprint density at radius 3 is 2.33 bits per heavy atom. The molecule has 0 fully saturated rings. The third-order valence-corrected chi connectivity index (χ3v) is 4.29. The monoisotopic (exact) mass is 321 g/mol. The van der Waals surface area contributed by atoms with Crippen LogP contribution < -0.4 is 10.6 Å². The van der Waals surface area contributed by atoms with Gasteiger partial charge in [-0.05, 0) is 38.5 Å². The van der Waals surface area contributed by atoms with Gasteiger partial charge in [-0.3, -0.25) is 4.57 Å². The van der Waals surface area contributed by atoms with Gasteiger partial charge in [0.2, 0.25) is 0 Å². The lowest BCUT2D eigenvalue weighted by molar-refractivity contribution is 0.587. The second kappa shape index (κ2) is 6.11. The largest absolute Gasteiger partial charge is 0.377 e. The number of anilines is 1. The maximum Gasteiger partial charge on any atom is 0.348 e. The van der Waals surface area contributed by atoms with Gasteiger partial charge in [0.1, 0.15) is 0 Å². The number of nitrogens with zero attached hydrogens (tertiary/aromatic N) is 3. The predicted molar refractivity (Wildman–Crippen MR) is 101 cm³/mol. The van der Waals surface area contributed by atoms with Crippen LogP contribution in [0.25, 0.3) is 22.2 Å². The molecule has 0 atom stereocenters. The minimum absolute atomic E-state index is 0.0573. The fraction of sp³-hybridized carbons (Fsp3) is 0.300. The van der Waals surface area contributed by atoms with Crippen LogP contribution in [0.4, 0.5) is 5.69 Å². The van der Waals surface area contributed by atoms with Crippen molar-refractivity contribution >= 4 is 16.6 Å². The van der Waals surface area contributed by atoms with Crippen molar-refractivity contribution in [3.8, 4) is 11.3 Å². The van der Waals surface area contributed by atoms with E-state index in [0.29, 0.717) is 0 Å². The van der Waals surface area contributed by atoms with Crippen molar-refractivity contribution in [2.75, 3.05) is 19.0 Å². The van der Waals surface area contributed by atoms with Gasteiger partial charge >= 0.3 is 5.69 Å². The first-order valence-corrected chi connectivity index (χ1v) is 8.19. The van der Waals surface area contributed by atoms with E-state index in [1.807, 2.05) is 58.3 Å². The number of hydrogen-bond acceptors (Lipinski definition) is 3. The summed E-state index contributed by atoms with van der Waals surface area (Å²) in [5, 5.41) is 1.00. The van der Waals surface area contributed by atoms with E-state index in [1.54, 1.807) is 4.57 Å². The van der Waals surface area contributed by atoms with Crippen molar-refractivity contribution in [3.05, 3.63) is 58.5 Å². The first kappa shape index (κ1) is 16.2. The summed E-state index contributed by atoms with van der Waals surface area (Å²) in [6, 6.07) is 14.2. The van der Waals surface area contributed by atoms with Crippen molar-refractivity contribution in [3.63, 3.8) is 0 Å². The first-order chi connectivity index (χ1) is 11.4. The number of rotatable bonds is 3. The maximum absolute atomic E-state index is 12.6. The molecule has 0 amide bonds. The van der Waals surface area contributed by atoms with E-state index in [0.717, 1.165) is 33.4 Å². The van der Waals surface area contributed by atoms with Gasteiger partial charge in [0, 0.05) is 36.8 Å². The van der Waals surface area contributed by atoms with Crippen LogP contribution in [0, 0.1) is 6.92 Å². The Labute approximate surface area is 142 Å². The highest BCUT2D eigenvalue weighted by atomic mass is 16.1. The molecule has 4 nitrogen and oxygen atoms in total. The summed E-state index contributed by atoms with van der Waals surface area (Å²) in [7, 11) is 4.06. The SMILES string of the molecule is Cc1cc2c(cc1N(C)C)c(-c1ccccc1)nc(=O)n2C(C)C.